The average molecular weight is 322 g/mol. The molecule has 0 spiro atoms. The minimum Gasteiger partial charge on any atom is -0.481 e. The molecule has 0 saturated heterocycles. The summed E-state index contributed by atoms with van der Waals surface area (Å²) in [6, 6.07) is 20.4. The summed E-state index contributed by atoms with van der Waals surface area (Å²) in [4.78, 5) is 4.58. The lowest BCUT2D eigenvalue weighted by Crippen LogP contribution is -2.22. The van der Waals surface area contributed by atoms with Crippen molar-refractivity contribution in [2.75, 3.05) is 13.7 Å². The van der Waals surface area contributed by atoms with Gasteiger partial charge in [-0.1, -0.05) is 48.5 Å². The van der Waals surface area contributed by atoms with E-state index in [4.69, 9.17) is 4.74 Å². The molecule has 0 saturated carbocycles. The zero-order valence-electron chi connectivity index (χ0n) is 13.8. The lowest BCUT2D eigenvalue weighted by atomic mass is 10.0. The van der Waals surface area contributed by atoms with Crippen LogP contribution in [0.3, 0.4) is 0 Å². The number of methoxy groups -OCH3 is 1. The summed E-state index contributed by atoms with van der Waals surface area (Å²) in [7, 11) is 1.64. The van der Waals surface area contributed by atoms with Crippen LogP contribution in [-0.4, -0.2) is 23.8 Å². The molecule has 0 unspecified atom stereocenters. The van der Waals surface area contributed by atoms with Crippen molar-refractivity contribution < 1.29 is 9.84 Å². The van der Waals surface area contributed by atoms with E-state index in [0.717, 1.165) is 16.5 Å². The van der Waals surface area contributed by atoms with Gasteiger partial charge in [-0.25, -0.2) is 4.98 Å². The number of hydrogen-bond donors (Lipinski definition) is 2. The first-order chi connectivity index (χ1) is 11.8. The van der Waals surface area contributed by atoms with Crippen molar-refractivity contribution in [1.82, 2.24) is 10.3 Å². The summed E-state index contributed by atoms with van der Waals surface area (Å²) in [5.74, 6) is 0.636. The fourth-order valence-corrected chi connectivity index (χ4v) is 2.88. The predicted octanol–water partition coefficient (Wildman–Crippen LogP) is 3.46. The van der Waals surface area contributed by atoms with E-state index < -0.39 is 0 Å². The minimum absolute atomic E-state index is 0.0902. The molecule has 1 atom stereocenters. The highest BCUT2D eigenvalue weighted by Gasteiger charge is 2.13. The number of benzene rings is 2. The number of nitrogens with zero attached hydrogens (tertiary/aromatic N) is 1. The summed E-state index contributed by atoms with van der Waals surface area (Å²) >= 11 is 0. The van der Waals surface area contributed by atoms with Crippen molar-refractivity contribution in [3.05, 3.63) is 71.8 Å². The summed E-state index contributed by atoms with van der Waals surface area (Å²) < 4.78 is 5.45. The first-order valence-electron chi connectivity index (χ1n) is 8.13. The van der Waals surface area contributed by atoms with Gasteiger partial charge in [-0.15, -0.1) is 0 Å². The second-order valence-corrected chi connectivity index (χ2v) is 5.71. The Hall–Kier alpha value is -2.43. The van der Waals surface area contributed by atoms with Crippen LogP contribution in [0, 0.1) is 0 Å². The molecule has 0 fully saturated rings. The summed E-state index contributed by atoms with van der Waals surface area (Å²) in [6.07, 6.45) is 0.660. The maximum Gasteiger partial charge on any atom is 0.218 e. The predicted molar refractivity (Wildman–Crippen MR) is 96.0 cm³/mol. The molecule has 124 valence electrons. The topological polar surface area (TPSA) is 54.4 Å². The molecule has 0 aliphatic carbocycles. The van der Waals surface area contributed by atoms with Crippen molar-refractivity contribution in [1.29, 1.82) is 0 Å². The standard InChI is InChI=1S/C20H22N2O2/c1-24-20-17(13-16-9-5-6-10-19(16)22-20)14-21-18(11-12-23)15-7-3-2-4-8-15/h2-10,13,18,21,23H,11-12,14H2,1H3/t18-/m1/s1. The highest BCUT2D eigenvalue weighted by molar-refractivity contribution is 5.80. The second-order valence-electron chi connectivity index (χ2n) is 5.71. The van der Waals surface area contributed by atoms with E-state index >= 15 is 0 Å². The van der Waals surface area contributed by atoms with Gasteiger partial charge in [0.15, 0.2) is 0 Å². The van der Waals surface area contributed by atoms with Crippen LogP contribution in [0.4, 0.5) is 0 Å². The zero-order valence-corrected chi connectivity index (χ0v) is 13.8. The number of rotatable bonds is 7. The molecule has 1 heterocycles. The third kappa shape index (κ3) is 3.72. The molecule has 2 N–H and O–H groups in total. The van der Waals surface area contributed by atoms with Gasteiger partial charge in [-0.3, -0.25) is 0 Å². The average Bonchev–Trinajstić information content (AvgIpc) is 2.65. The first-order valence-corrected chi connectivity index (χ1v) is 8.13. The van der Waals surface area contributed by atoms with Crippen LogP contribution in [0.15, 0.2) is 60.7 Å². The molecular weight excluding hydrogens is 300 g/mol. The van der Waals surface area contributed by atoms with Crippen molar-refractivity contribution >= 4 is 10.9 Å². The number of pyridine rings is 1. The number of aliphatic hydroxyl groups is 1. The molecule has 0 amide bonds. The van der Waals surface area contributed by atoms with Crippen LogP contribution in [0.5, 0.6) is 5.88 Å². The van der Waals surface area contributed by atoms with E-state index in [1.165, 1.54) is 5.56 Å². The number of fused-ring (bicyclic) bond motifs is 1. The quantitative estimate of drug-likeness (QED) is 0.699. The molecule has 0 radical (unpaired) electrons. The van der Waals surface area contributed by atoms with Gasteiger partial charge in [0.25, 0.3) is 0 Å². The Bertz CT molecular complexity index is 790. The van der Waals surface area contributed by atoms with Gasteiger partial charge in [-0.05, 0) is 24.1 Å². The van der Waals surface area contributed by atoms with Gasteiger partial charge in [0.1, 0.15) is 0 Å². The number of ether oxygens (including phenoxy) is 1. The third-order valence-electron chi connectivity index (χ3n) is 4.12. The van der Waals surface area contributed by atoms with Crippen LogP contribution in [-0.2, 0) is 6.54 Å². The SMILES string of the molecule is COc1nc2ccccc2cc1CN[C@H](CCO)c1ccccc1. The lowest BCUT2D eigenvalue weighted by molar-refractivity contribution is 0.264. The third-order valence-corrected chi connectivity index (χ3v) is 4.12. The summed E-state index contributed by atoms with van der Waals surface area (Å²) in [5.41, 5.74) is 3.10. The smallest absolute Gasteiger partial charge is 0.218 e. The molecule has 4 nitrogen and oxygen atoms in total. The molecule has 3 aromatic rings. The van der Waals surface area contributed by atoms with Crippen molar-refractivity contribution in [2.24, 2.45) is 0 Å². The van der Waals surface area contributed by atoms with E-state index in [1.54, 1.807) is 7.11 Å². The van der Waals surface area contributed by atoms with Crippen LogP contribution >= 0.6 is 0 Å². The Balaban J connectivity index is 1.82. The van der Waals surface area contributed by atoms with Crippen molar-refractivity contribution in [3.63, 3.8) is 0 Å². The summed E-state index contributed by atoms with van der Waals surface area (Å²) in [6.45, 7) is 0.764. The van der Waals surface area contributed by atoms with Gasteiger partial charge >= 0.3 is 0 Å². The molecule has 1 aromatic heterocycles. The number of aromatic nitrogens is 1. The molecular formula is C20H22N2O2. The molecule has 0 aliphatic heterocycles. The Morgan fingerprint density at radius 1 is 1.08 bits per heavy atom. The van der Waals surface area contributed by atoms with Crippen LogP contribution in [0.25, 0.3) is 10.9 Å². The van der Waals surface area contributed by atoms with Crippen LogP contribution in [0.2, 0.25) is 0 Å². The highest BCUT2D eigenvalue weighted by Crippen LogP contribution is 2.24. The minimum atomic E-state index is 0.0902. The molecule has 4 heteroatoms. The Kier molecular flexibility index (Phi) is 5.41. The van der Waals surface area contributed by atoms with Crippen LogP contribution < -0.4 is 10.1 Å². The largest absolute Gasteiger partial charge is 0.481 e. The zero-order chi connectivity index (χ0) is 16.8. The monoisotopic (exact) mass is 322 g/mol. The number of hydrogen-bond acceptors (Lipinski definition) is 4. The van der Waals surface area contributed by atoms with E-state index in [-0.39, 0.29) is 12.6 Å². The van der Waals surface area contributed by atoms with Gasteiger partial charge in [0, 0.05) is 30.1 Å². The van der Waals surface area contributed by atoms with Gasteiger partial charge in [0.2, 0.25) is 5.88 Å². The van der Waals surface area contributed by atoms with E-state index in [2.05, 4.69) is 28.5 Å². The fourth-order valence-electron chi connectivity index (χ4n) is 2.88. The molecule has 2 aromatic carbocycles. The van der Waals surface area contributed by atoms with Gasteiger partial charge in [0.05, 0.1) is 12.6 Å². The number of aliphatic hydroxyl groups excluding tert-OH is 1. The first kappa shape index (κ1) is 16.4. The highest BCUT2D eigenvalue weighted by atomic mass is 16.5. The molecule has 24 heavy (non-hydrogen) atoms. The maximum absolute atomic E-state index is 9.36. The molecule has 0 bridgehead atoms. The Morgan fingerprint density at radius 2 is 1.83 bits per heavy atom. The number of para-hydroxylation sites is 1. The Labute approximate surface area is 142 Å². The van der Waals surface area contributed by atoms with Gasteiger partial charge < -0.3 is 15.2 Å². The maximum atomic E-state index is 9.36. The molecule has 0 aliphatic rings. The molecule has 3 rings (SSSR count). The van der Waals surface area contributed by atoms with E-state index in [1.807, 2.05) is 42.5 Å². The number of nitrogens with one attached hydrogen (secondary N) is 1. The van der Waals surface area contributed by atoms with Crippen molar-refractivity contribution in [2.45, 2.75) is 19.0 Å². The lowest BCUT2D eigenvalue weighted by Gasteiger charge is -2.19. The normalized spacial score (nSPS) is 12.2. The van der Waals surface area contributed by atoms with E-state index in [9.17, 15) is 5.11 Å². The Morgan fingerprint density at radius 3 is 2.58 bits per heavy atom. The van der Waals surface area contributed by atoms with Gasteiger partial charge in [-0.2, -0.15) is 0 Å². The van der Waals surface area contributed by atoms with Crippen LogP contribution in [0.1, 0.15) is 23.6 Å². The summed E-state index contributed by atoms with van der Waals surface area (Å²) in [5, 5.41) is 14.0. The fraction of sp³-hybridized carbons (Fsp3) is 0.250. The second kappa shape index (κ2) is 7.90. The van der Waals surface area contributed by atoms with E-state index in [0.29, 0.717) is 18.8 Å². The van der Waals surface area contributed by atoms with Crippen molar-refractivity contribution in [3.8, 4) is 5.88 Å².